The first-order chi connectivity index (χ1) is 6.76. The van der Waals surface area contributed by atoms with E-state index >= 15 is 0 Å². The highest BCUT2D eigenvalue weighted by atomic mass is 32.2. The van der Waals surface area contributed by atoms with Crippen molar-refractivity contribution in [3.8, 4) is 0 Å². The van der Waals surface area contributed by atoms with Gasteiger partial charge in [0.25, 0.3) is 0 Å². The van der Waals surface area contributed by atoms with Gasteiger partial charge in [-0.2, -0.15) is 11.8 Å². The molecule has 1 aromatic rings. The van der Waals surface area contributed by atoms with Gasteiger partial charge in [0.1, 0.15) is 0 Å². The summed E-state index contributed by atoms with van der Waals surface area (Å²) in [7, 11) is 2.00. The lowest BCUT2D eigenvalue weighted by atomic mass is 10.1. The Labute approximate surface area is 96.3 Å². The van der Waals surface area contributed by atoms with Crippen molar-refractivity contribution in [2.24, 2.45) is 0 Å². The summed E-state index contributed by atoms with van der Waals surface area (Å²) in [6, 6.07) is 4.33. The Morgan fingerprint density at radius 1 is 1.50 bits per heavy atom. The van der Waals surface area contributed by atoms with Gasteiger partial charge >= 0.3 is 0 Å². The third-order valence-electron chi connectivity index (χ3n) is 1.86. The minimum absolute atomic E-state index is 0.711. The molecular formula is C11H21NS2. The molecule has 0 aliphatic rings. The molecule has 0 saturated carbocycles. The van der Waals surface area contributed by atoms with Crippen LogP contribution in [-0.4, -0.2) is 26.1 Å². The Balaban J connectivity index is 0.000000500. The predicted octanol–water partition coefficient (Wildman–Crippen LogP) is 3.44. The first-order valence-electron chi connectivity index (χ1n) is 4.84. The molecule has 1 rings (SSSR count). The monoisotopic (exact) mass is 231 g/mol. The molecule has 0 aromatic carbocycles. The van der Waals surface area contributed by atoms with Crippen LogP contribution in [0.4, 0.5) is 0 Å². The molecule has 0 aliphatic heterocycles. The van der Waals surface area contributed by atoms with E-state index in [1.54, 1.807) is 11.8 Å². The minimum Gasteiger partial charge on any atom is -0.320 e. The van der Waals surface area contributed by atoms with Gasteiger partial charge in [-0.25, -0.2) is 0 Å². The zero-order chi connectivity index (χ0) is 10.8. The van der Waals surface area contributed by atoms with Gasteiger partial charge in [-0.05, 0) is 49.9 Å². The molecule has 1 N–H and O–H groups in total. The molecule has 3 heteroatoms. The van der Waals surface area contributed by atoms with E-state index in [4.69, 9.17) is 0 Å². The van der Waals surface area contributed by atoms with E-state index < -0.39 is 0 Å². The zero-order valence-electron chi connectivity index (χ0n) is 9.54. The molecule has 1 heterocycles. The van der Waals surface area contributed by atoms with Crippen LogP contribution in [0.1, 0.15) is 24.1 Å². The summed E-state index contributed by atoms with van der Waals surface area (Å²) in [4.78, 5) is 1.50. The summed E-state index contributed by atoms with van der Waals surface area (Å²) in [6.07, 6.45) is 5.32. The third-order valence-corrected chi connectivity index (χ3v) is 2.96. The number of thiophene rings is 1. The van der Waals surface area contributed by atoms with E-state index in [0.717, 1.165) is 6.54 Å². The summed E-state index contributed by atoms with van der Waals surface area (Å²) in [5.41, 5.74) is 0. The average molecular weight is 231 g/mol. The summed E-state index contributed by atoms with van der Waals surface area (Å²) in [5.74, 6) is 0.711. The van der Waals surface area contributed by atoms with Crippen molar-refractivity contribution in [1.29, 1.82) is 0 Å². The quantitative estimate of drug-likeness (QED) is 0.852. The molecule has 0 bridgehead atoms. The van der Waals surface area contributed by atoms with Crippen molar-refractivity contribution in [3.05, 3.63) is 22.4 Å². The highest BCUT2D eigenvalue weighted by molar-refractivity contribution is 7.97. The van der Waals surface area contributed by atoms with Crippen LogP contribution < -0.4 is 5.32 Å². The molecule has 1 aromatic heterocycles. The Kier molecular flexibility index (Phi) is 9.57. The standard InChI is InChI=1S/C9H15NS.C2H6S/c1-8(5-6-10-2)9-4-3-7-11-9;1-3-2/h3-4,7-8,10H,5-6H2,1-2H3;1-2H3. The van der Waals surface area contributed by atoms with Crippen LogP contribution >= 0.6 is 23.1 Å². The van der Waals surface area contributed by atoms with Gasteiger partial charge in [0.2, 0.25) is 0 Å². The summed E-state index contributed by atoms with van der Waals surface area (Å²) in [6.45, 7) is 3.39. The number of rotatable bonds is 4. The molecule has 0 amide bonds. The van der Waals surface area contributed by atoms with Crippen molar-refractivity contribution in [3.63, 3.8) is 0 Å². The Morgan fingerprint density at radius 3 is 2.57 bits per heavy atom. The third kappa shape index (κ3) is 6.46. The van der Waals surface area contributed by atoms with Crippen LogP contribution in [0.3, 0.4) is 0 Å². The van der Waals surface area contributed by atoms with Gasteiger partial charge < -0.3 is 5.32 Å². The number of nitrogens with one attached hydrogen (secondary N) is 1. The summed E-state index contributed by atoms with van der Waals surface area (Å²) < 4.78 is 0. The number of hydrogen-bond donors (Lipinski definition) is 1. The summed E-state index contributed by atoms with van der Waals surface area (Å²) in [5, 5.41) is 5.31. The second-order valence-electron chi connectivity index (χ2n) is 3.22. The first kappa shape index (κ1) is 14.0. The van der Waals surface area contributed by atoms with Crippen molar-refractivity contribution in [2.75, 3.05) is 26.1 Å². The fourth-order valence-corrected chi connectivity index (χ4v) is 1.90. The van der Waals surface area contributed by atoms with E-state index in [1.165, 1.54) is 11.3 Å². The SMILES string of the molecule is CNCCC(C)c1cccs1.CSC. The fraction of sp³-hybridized carbons (Fsp3) is 0.636. The predicted molar refractivity (Wildman–Crippen MR) is 70.7 cm³/mol. The molecule has 82 valence electrons. The van der Waals surface area contributed by atoms with Crippen molar-refractivity contribution in [2.45, 2.75) is 19.3 Å². The Hall–Kier alpha value is 0.01000. The minimum atomic E-state index is 0.711. The number of thioether (sulfide) groups is 1. The molecular weight excluding hydrogens is 210 g/mol. The maximum absolute atomic E-state index is 3.17. The molecule has 0 saturated heterocycles. The normalized spacial score (nSPS) is 11.7. The molecule has 1 unspecified atom stereocenters. The lowest BCUT2D eigenvalue weighted by Gasteiger charge is -2.07. The van der Waals surface area contributed by atoms with Crippen LogP contribution in [-0.2, 0) is 0 Å². The molecule has 0 radical (unpaired) electrons. The highest BCUT2D eigenvalue weighted by Crippen LogP contribution is 2.22. The number of hydrogen-bond acceptors (Lipinski definition) is 3. The molecule has 0 spiro atoms. The van der Waals surface area contributed by atoms with Gasteiger partial charge in [0, 0.05) is 4.88 Å². The fourth-order valence-electron chi connectivity index (χ4n) is 1.07. The molecule has 0 fully saturated rings. The Morgan fingerprint density at radius 2 is 2.14 bits per heavy atom. The van der Waals surface area contributed by atoms with Crippen molar-refractivity contribution >= 4 is 23.1 Å². The van der Waals surface area contributed by atoms with Crippen LogP contribution in [0.25, 0.3) is 0 Å². The zero-order valence-corrected chi connectivity index (χ0v) is 11.2. The maximum Gasteiger partial charge on any atom is 0.00739 e. The molecule has 0 aliphatic carbocycles. The van der Waals surface area contributed by atoms with Gasteiger partial charge in [-0.1, -0.05) is 13.0 Å². The van der Waals surface area contributed by atoms with Crippen LogP contribution in [0.5, 0.6) is 0 Å². The van der Waals surface area contributed by atoms with Gasteiger partial charge in [-0.15, -0.1) is 11.3 Å². The maximum atomic E-state index is 3.17. The van der Waals surface area contributed by atoms with E-state index in [0.29, 0.717) is 5.92 Å². The summed E-state index contributed by atoms with van der Waals surface area (Å²) >= 11 is 3.60. The van der Waals surface area contributed by atoms with E-state index in [9.17, 15) is 0 Å². The topological polar surface area (TPSA) is 12.0 Å². The van der Waals surface area contributed by atoms with E-state index in [-0.39, 0.29) is 0 Å². The molecule has 1 nitrogen and oxygen atoms in total. The lowest BCUT2D eigenvalue weighted by Crippen LogP contribution is -2.10. The first-order valence-corrected chi connectivity index (χ1v) is 7.35. The highest BCUT2D eigenvalue weighted by Gasteiger charge is 2.04. The molecule has 14 heavy (non-hydrogen) atoms. The average Bonchev–Trinajstić information content (AvgIpc) is 2.68. The lowest BCUT2D eigenvalue weighted by molar-refractivity contribution is 0.644. The van der Waals surface area contributed by atoms with Gasteiger partial charge in [0.15, 0.2) is 0 Å². The van der Waals surface area contributed by atoms with Gasteiger partial charge in [0.05, 0.1) is 0 Å². The second kappa shape index (κ2) is 9.56. The second-order valence-corrected chi connectivity index (χ2v) is 5.01. The Bertz CT molecular complexity index is 197. The smallest absolute Gasteiger partial charge is 0.00739 e. The van der Waals surface area contributed by atoms with E-state index in [2.05, 4.69) is 29.8 Å². The van der Waals surface area contributed by atoms with Crippen LogP contribution in [0.2, 0.25) is 0 Å². The largest absolute Gasteiger partial charge is 0.320 e. The van der Waals surface area contributed by atoms with Crippen LogP contribution in [0, 0.1) is 0 Å². The van der Waals surface area contributed by atoms with Crippen LogP contribution in [0.15, 0.2) is 17.5 Å². The van der Waals surface area contributed by atoms with Gasteiger partial charge in [-0.3, -0.25) is 0 Å². The van der Waals surface area contributed by atoms with E-state index in [1.807, 2.05) is 30.9 Å². The van der Waals surface area contributed by atoms with Crippen molar-refractivity contribution in [1.82, 2.24) is 5.32 Å². The molecule has 1 atom stereocenters. The van der Waals surface area contributed by atoms with Crippen molar-refractivity contribution < 1.29 is 0 Å².